The molecule has 1 unspecified atom stereocenters. The number of rotatable bonds is 11. The second-order valence-electron chi connectivity index (χ2n) is 12.9. The molecule has 6 rings (SSSR count). The fourth-order valence-corrected chi connectivity index (χ4v) is 9.67. The molecule has 2 aliphatic heterocycles. The topological polar surface area (TPSA) is 131 Å². The van der Waals surface area contributed by atoms with Crippen LogP contribution in [0.1, 0.15) is 76.2 Å². The quantitative estimate of drug-likeness (QED) is 0.243. The Morgan fingerprint density at radius 3 is 2.29 bits per heavy atom. The molecule has 0 spiro atoms. The van der Waals surface area contributed by atoms with Crippen molar-refractivity contribution < 1.29 is 27.5 Å². The second-order valence-corrected chi connectivity index (χ2v) is 15.8. The summed E-state index contributed by atoms with van der Waals surface area (Å²) >= 11 is 1.30. The van der Waals surface area contributed by atoms with Crippen molar-refractivity contribution in [2.45, 2.75) is 81.6 Å². The van der Waals surface area contributed by atoms with Gasteiger partial charge in [-0.1, -0.05) is 49.2 Å². The van der Waals surface area contributed by atoms with E-state index in [0.29, 0.717) is 59.4 Å². The van der Waals surface area contributed by atoms with Crippen LogP contribution in [0.5, 0.6) is 5.88 Å². The fraction of sp³-hybridized carbons (Fsp3) is 0.588. The molecule has 0 radical (unpaired) electrons. The summed E-state index contributed by atoms with van der Waals surface area (Å²) in [4.78, 5) is 38.2. The second kappa shape index (κ2) is 16.2. The lowest BCUT2D eigenvalue weighted by Crippen LogP contribution is -2.49. The van der Waals surface area contributed by atoms with Gasteiger partial charge in [0.05, 0.1) is 30.4 Å². The third-order valence-electron chi connectivity index (χ3n) is 10.0. The number of piperidine rings is 2. The number of anilines is 1. The molecule has 11 nitrogen and oxygen atoms in total. The van der Waals surface area contributed by atoms with E-state index in [-0.39, 0.29) is 35.1 Å². The number of ether oxygens (including phenoxy) is 2. The summed E-state index contributed by atoms with van der Waals surface area (Å²) < 4.78 is 39.4. The van der Waals surface area contributed by atoms with Crippen LogP contribution in [0.4, 0.5) is 5.13 Å². The number of carbonyl (C=O) groups is 2. The Morgan fingerprint density at radius 2 is 1.65 bits per heavy atom. The average molecular weight is 720 g/mol. The third kappa shape index (κ3) is 8.30. The molecule has 1 amide bonds. The Hall–Kier alpha value is -2.84. The standard InChI is InChI=1S/C34H45N5O6S2.ClH/c1-3-45-33(41)25-14-18-38(19-15-25)26-16-20-39(21-17-26)47(42,43)27-10-8-24(9-11-27)28(22-23-6-4-5-7-23)31(40)37-34-35-29-12-13-30(44-2)36-32(29)46-34;/h8-13,23,25-26,28H,3-7,14-22H2,1-2H3,(H,35,37,40);1H. The van der Waals surface area contributed by atoms with Gasteiger partial charge in [-0.25, -0.2) is 18.4 Å². The molecule has 3 fully saturated rings. The van der Waals surface area contributed by atoms with E-state index in [1.807, 2.05) is 13.0 Å². The number of hydrogen-bond acceptors (Lipinski definition) is 10. The molecule has 48 heavy (non-hydrogen) atoms. The van der Waals surface area contributed by atoms with Gasteiger partial charge in [-0.05, 0) is 81.8 Å². The van der Waals surface area contributed by atoms with Crippen LogP contribution < -0.4 is 10.1 Å². The minimum absolute atomic E-state index is 0. The Kier molecular flexibility index (Phi) is 12.3. The summed E-state index contributed by atoms with van der Waals surface area (Å²) in [6.45, 7) is 4.83. The first-order chi connectivity index (χ1) is 22.7. The number of nitrogens with zero attached hydrogens (tertiary/aromatic N) is 4. The van der Waals surface area contributed by atoms with Crippen molar-refractivity contribution in [3.05, 3.63) is 42.0 Å². The Bertz CT molecular complexity index is 1650. The molecule has 14 heteroatoms. The number of nitrogens with one attached hydrogen (secondary N) is 1. The van der Waals surface area contributed by atoms with Gasteiger partial charge in [0.15, 0.2) is 5.13 Å². The number of thiazole rings is 1. The molecule has 262 valence electrons. The van der Waals surface area contributed by atoms with E-state index in [1.165, 1.54) is 24.2 Å². The van der Waals surface area contributed by atoms with Gasteiger partial charge in [0.2, 0.25) is 21.8 Å². The number of carbonyl (C=O) groups excluding carboxylic acids is 2. The van der Waals surface area contributed by atoms with E-state index in [9.17, 15) is 18.0 Å². The maximum atomic E-state index is 13.7. The first-order valence-electron chi connectivity index (χ1n) is 16.9. The molecule has 1 aromatic carbocycles. The molecular formula is C34H46ClN5O6S2. The lowest BCUT2D eigenvalue weighted by molar-refractivity contribution is -0.149. The highest BCUT2D eigenvalue weighted by Gasteiger charge is 2.35. The fourth-order valence-electron chi connectivity index (χ4n) is 7.36. The first kappa shape index (κ1) is 36.4. The molecule has 1 saturated carbocycles. The average Bonchev–Trinajstić information content (AvgIpc) is 3.76. The molecule has 3 aromatic rings. The van der Waals surface area contributed by atoms with Crippen LogP contribution in [-0.2, 0) is 24.3 Å². The number of fused-ring (bicyclic) bond motifs is 1. The number of likely N-dealkylation sites (tertiary alicyclic amines) is 1. The highest BCUT2D eigenvalue weighted by Crippen LogP contribution is 2.36. The highest BCUT2D eigenvalue weighted by molar-refractivity contribution is 7.89. The summed E-state index contributed by atoms with van der Waals surface area (Å²) in [5.41, 5.74) is 1.50. The maximum absolute atomic E-state index is 13.7. The number of hydrogen-bond donors (Lipinski definition) is 1. The van der Waals surface area contributed by atoms with E-state index < -0.39 is 15.9 Å². The number of pyridine rings is 1. The number of methoxy groups -OCH3 is 1. The van der Waals surface area contributed by atoms with Crippen LogP contribution in [0.3, 0.4) is 0 Å². The first-order valence-corrected chi connectivity index (χ1v) is 19.1. The van der Waals surface area contributed by atoms with Gasteiger partial charge >= 0.3 is 5.97 Å². The summed E-state index contributed by atoms with van der Waals surface area (Å²) in [5.74, 6) is 0.238. The third-order valence-corrected chi connectivity index (χ3v) is 12.8. The van der Waals surface area contributed by atoms with Gasteiger partial charge in [-0.2, -0.15) is 4.31 Å². The van der Waals surface area contributed by atoms with Crippen molar-refractivity contribution in [3.8, 4) is 5.88 Å². The van der Waals surface area contributed by atoms with Crippen LogP contribution in [0.15, 0.2) is 41.3 Å². The van der Waals surface area contributed by atoms with Gasteiger partial charge in [-0.15, -0.1) is 12.4 Å². The molecule has 1 atom stereocenters. The lowest BCUT2D eigenvalue weighted by Gasteiger charge is -2.41. The molecule has 3 aliphatic rings. The molecule has 2 aromatic heterocycles. The van der Waals surface area contributed by atoms with Gasteiger partial charge in [-0.3, -0.25) is 9.59 Å². The zero-order valence-electron chi connectivity index (χ0n) is 27.6. The van der Waals surface area contributed by atoms with Crippen molar-refractivity contribution in [2.75, 3.05) is 45.2 Å². The monoisotopic (exact) mass is 719 g/mol. The van der Waals surface area contributed by atoms with E-state index in [0.717, 1.165) is 57.2 Å². The van der Waals surface area contributed by atoms with Crippen LogP contribution in [0.2, 0.25) is 0 Å². The highest BCUT2D eigenvalue weighted by atomic mass is 35.5. The molecule has 2 saturated heterocycles. The summed E-state index contributed by atoms with van der Waals surface area (Å²) in [6.07, 6.45) is 8.35. The molecule has 1 aliphatic carbocycles. The van der Waals surface area contributed by atoms with Crippen molar-refractivity contribution >= 4 is 61.1 Å². The summed E-state index contributed by atoms with van der Waals surface area (Å²) in [7, 11) is -2.11. The Morgan fingerprint density at radius 1 is 0.958 bits per heavy atom. The van der Waals surface area contributed by atoms with Crippen LogP contribution in [0, 0.1) is 11.8 Å². The van der Waals surface area contributed by atoms with Crippen molar-refractivity contribution in [1.29, 1.82) is 0 Å². The number of halogens is 1. The number of sulfonamides is 1. The van der Waals surface area contributed by atoms with Gasteiger partial charge in [0, 0.05) is 25.2 Å². The van der Waals surface area contributed by atoms with E-state index in [2.05, 4.69) is 20.2 Å². The molecule has 4 heterocycles. The van der Waals surface area contributed by atoms with E-state index >= 15 is 0 Å². The molecule has 1 N–H and O–H groups in total. The minimum atomic E-state index is -3.67. The Labute approximate surface area is 293 Å². The van der Waals surface area contributed by atoms with Crippen molar-refractivity contribution in [1.82, 2.24) is 19.2 Å². The smallest absolute Gasteiger partial charge is 0.309 e. The lowest BCUT2D eigenvalue weighted by atomic mass is 9.87. The van der Waals surface area contributed by atoms with Crippen LogP contribution >= 0.6 is 23.7 Å². The molecule has 0 bridgehead atoms. The van der Waals surface area contributed by atoms with Crippen LogP contribution in [-0.4, -0.2) is 85.4 Å². The predicted molar refractivity (Wildman–Crippen MR) is 188 cm³/mol. The number of aromatic nitrogens is 2. The predicted octanol–water partition coefficient (Wildman–Crippen LogP) is 5.85. The van der Waals surface area contributed by atoms with E-state index in [1.54, 1.807) is 41.7 Å². The van der Waals surface area contributed by atoms with E-state index in [4.69, 9.17) is 9.47 Å². The maximum Gasteiger partial charge on any atom is 0.309 e. The van der Waals surface area contributed by atoms with Crippen molar-refractivity contribution in [3.63, 3.8) is 0 Å². The van der Waals surface area contributed by atoms with Crippen LogP contribution in [0.25, 0.3) is 10.3 Å². The Balaban J connectivity index is 0.00000451. The largest absolute Gasteiger partial charge is 0.481 e. The van der Waals surface area contributed by atoms with Gasteiger partial charge in [0.1, 0.15) is 10.3 Å². The SMILES string of the molecule is CCOC(=O)C1CCN(C2CCN(S(=O)(=O)c3ccc(C(CC4CCCC4)C(=O)Nc4nc5ccc(OC)nc5s4)cc3)CC2)CC1.Cl. The molecular weight excluding hydrogens is 674 g/mol. The number of amides is 1. The van der Waals surface area contributed by atoms with Crippen molar-refractivity contribution in [2.24, 2.45) is 11.8 Å². The normalized spacial score (nSPS) is 19.5. The zero-order valence-corrected chi connectivity index (χ0v) is 30.1. The van der Waals surface area contributed by atoms with Gasteiger partial charge in [0.25, 0.3) is 0 Å². The summed E-state index contributed by atoms with van der Waals surface area (Å²) in [6, 6.07) is 10.8. The van der Waals surface area contributed by atoms with Gasteiger partial charge < -0.3 is 19.7 Å². The zero-order chi connectivity index (χ0) is 33.0. The number of benzene rings is 1. The minimum Gasteiger partial charge on any atom is -0.481 e. The summed E-state index contributed by atoms with van der Waals surface area (Å²) in [5, 5.41) is 3.50. The number of esters is 1.